The van der Waals surface area contributed by atoms with Crippen molar-refractivity contribution in [2.24, 2.45) is 0 Å². The summed E-state index contributed by atoms with van der Waals surface area (Å²) in [5, 5.41) is 6.86. The topological polar surface area (TPSA) is 29.5 Å². The number of fused-ring (bicyclic) bond motifs is 7. The van der Waals surface area contributed by atoms with Gasteiger partial charge in [0.15, 0.2) is 0 Å². The third-order valence-corrected chi connectivity index (χ3v) is 12.1. The van der Waals surface area contributed by atoms with Gasteiger partial charge in [-0.15, -0.1) is 0 Å². The zero-order valence-electron chi connectivity index (χ0n) is 33.1. The summed E-state index contributed by atoms with van der Waals surface area (Å²) in [5.74, 6) is 0. The number of rotatable bonds is 7. The molecule has 0 fully saturated rings. The molecule has 0 aliphatic rings. The lowest BCUT2D eigenvalue weighted by Gasteiger charge is -2.27. The van der Waals surface area contributed by atoms with Crippen molar-refractivity contribution in [2.45, 2.75) is 0 Å². The molecule has 0 aliphatic carbocycles. The predicted octanol–water partition coefficient (Wildman–Crippen LogP) is 16.8. The Hall–Kier alpha value is -8.14. The van der Waals surface area contributed by atoms with Crippen LogP contribution in [0.4, 0.5) is 17.1 Å². The van der Waals surface area contributed by atoms with Crippen molar-refractivity contribution in [3.63, 3.8) is 0 Å². The van der Waals surface area contributed by atoms with Crippen molar-refractivity contribution in [3.05, 3.63) is 224 Å². The van der Waals surface area contributed by atoms with Gasteiger partial charge in [0.2, 0.25) is 0 Å². The van der Waals surface area contributed by atoms with Gasteiger partial charge in [-0.3, -0.25) is 0 Å². The van der Waals surface area contributed by atoms with Crippen molar-refractivity contribution in [2.75, 3.05) is 4.90 Å². The molecule has 2 heterocycles. The second-order valence-electron chi connectivity index (χ2n) is 15.6. The quantitative estimate of drug-likeness (QED) is 0.161. The molecule has 0 saturated heterocycles. The lowest BCUT2D eigenvalue weighted by atomic mass is 9.97. The van der Waals surface area contributed by atoms with Crippen LogP contribution in [0.2, 0.25) is 0 Å². The summed E-state index contributed by atoms with van der Waals surface area (Å²) in [6, 6.07) is 79.8. The fourth-order valence-corrected chi connectivity index (χ4v) is 9.12. The van der Waals surface area contributed by atoms with Crippen molar-refractivity contribution in [1.82, 2.24) is 0 Å². The molecule has 0 atom stereocenters. The van der Waals surface area contributed by atoms with E-state index < -0.39 is 0 Å². The fourth-order valence-electron chi connectivity index (χ4n) is 9.12. The average molecular weight is 780 g/mol. The molecule has 286 valence electrons. The van der Waals surface area contributed by atoms with Crippen molar-refractivity contribution >= 4 is 71.7 Å². The summed E-state index contributed by atoms with van der Waals surface area (Å²) in [4.78, 5) is 2.36. The molecular weight excluding hydrogens is 743 g/mol. The highest BCUT2D eigenvalue weighted by atomic mass is 16.3. The van der Waals surface area contributed by atoms with E-state index >= 15 is 0 Å². The van der Waals surface area contributed by atoms with Gasteiger partial charge in [0.1, 0.15) is 22.3 Å². The van der Waals surface area contributed by atoms with Gasteiger partial charge in [0, 0.05) is 33.1 Å². The summed E-state index contributed by atoms with van der Waals surface area (Å²) >= 11 is 0. The molecule has 2 aromatic heterocycles. The van der Waals surface area contributed by atoms with Gasteiger partial charge in [-0.2, -0.15) is 0 Å². The van der Waals surface area contributed by atoms with Crippen LogP contribution in [-0.2, 0) is 0 Å². The molecule has 0 N–H and O–H groups in total. The Morgan fingerprint density at radius 3 is 1.67 bits per heavy atom. The summed E-state index contributed by atoms with van der Waals surface area (Å²) in [6.45, 7) is 0. The molecule has 12 rings (SSSR count). The van der Waals surface area contributed by atoms with Gasteiger partial charge in [-0.25, -0.2) is 0 Å². The molecule has 3 nitrogen and oxygen atoms in total. The Morgan fingerprint density at radius 2 is 0.869 bits per heavy atom. The van der Waals surface area contributed by atoms with Gasteiger partial charge in [-0.05, 0) is 110 Å². The molecule has 10 aromatic carbocycles. The number of anilines is 3. The van der Waals surface area contributed by atoms with E-state index in [0.29, 0.717) is 0 Å². The van der Waals surface area contributed by atoms with Gasteiger partial charge in [0.25, 0.3) is 0 Å². The van der Waals surface area contributed by atoms with Crippen LogP contribution in [0, 0.1) is 0 Å². The Bertz CT molecular complexity index is 3560. The summed E-state index contributed by atoms with van der Waals surface area (Å²) in [6.07, 6.45) is 0. The molecule has 3 heteroatoms. The van der Waals surface area contributed by atoms with Crippen molar-refractivity contribution < 1.29 is 8.83 Å². The maximum absolute atomic E-state index is 6.63. The third-order valence-electron chi connectivity index (χ3n) is 12.1. The van der Waals surface area contributed by atoms with Gasteiger partial charge in [-0.1, -0.05) is 164 Å². The second kappa shape index (κ2) is 14.3. The molecule has 61 heavy (non-hydrogen) atoms. The molecule has 0 aliphatic heterocycles. The highest BCUT2D eigenvalue weighted by Gasteiger charge is 2.21. The monoisotopic (exact) mass is 779 g/mol. The average Bonchev–Trinajstić information content (AvgIpc) is 3.91. The van der Waals surface area contributed by atoms with E-state index in [2.05, 4.69) is 223 Å². The molecule has 0 spiro atoms. The number of para-hydroxylation sites is 1. The largest absolute Gasteiger partial charge is 0.456 e. The SMILES string of the molecule is c1ccc(-c2ccc3oc4cccc(N(c5ccc(-c6ccc7c(c6)oc6c(-c8ccccc8)cccc67)cc5)c5ccc(-c6cccc7ccccc67)cc5)c4c3c2)cc1. The first-order chi connectivity index (χ1) is 30.2. The minimum absolute atomic E-state index is 0.848. The molecule has 0 amide bonds. The number of nitrogens with zero attached hydrogens (tertiary/aromatic N) is 1. The summed E-state index contributed by atoms with van der Waals surface area (Å²) in [7, 11) is 0. The van der Waals surface area contributed by atoms with E-state index in [1.54, 1.807) is 0 Å². The van der Waals surface area contributed by atoms with Gasteiger partial charge >= 0.3 is 0 Å². The van der Waals surface area contributed by atoms with E-state index in [1.807, 2.05) is 6.07 Å². The highest BCUT2D eigenvalue weighted by molar-refractivity contribution is 6.14. The smallest absolute Gasteiger partial charge is 0.143 e. The normalized spacial score (nSPS) is 11.6. The molecule has 0 bridgehead atoms. The maximum atomic E-state index is 6.63. The number of furan rings is 2. The Morgan fingerprint density at radius 1 is 0.295 bits per heavy atom. The second-order valence-corrected chi connectivity index (χ2v) is 15.6. The zero-order chi connectivity index (χ0) is 40.3. The highest BCUT2D eigenvalue weighted by Crippen LogP contribution is 2.45. The lowest BCUT2D eigenvalue weighted by molar-refractivity contribution is 0.669. The van der Waals surface area contributed by atoms with E-state index in [9.17, 15) is 0 Å². The first-order valence-corrected chi connectivity index (χ1v) is 20.7. The standard InChI is InChI=1S/C58H37NO2/c1-3-12-38(13-4-1)43-29-35-54-52(36-43)57-53(22-11-23-55(57)60-54)59(46-32-26-42(27-33-46)48-19-9-17-40-16-7-8-18-47(40)48)45-30-24-39(25-31-45)44-28-34-50-51-21-10-20-49(41-14-5-2-6-15-41)58(51)61-56(50)37-44/h1-37H. The number of benzene rings is 10. The summed E-state index contributed by atoms with van der Waals surface area (Å²) < 4.78 is 13.2. The molecule has 0 radical (unpaired) electrons. The van der Waals surface area contributed by atoms with E-state index in [0.717, 1.165) is 88.8 Å². The Kier molecular flexibility index (Phi) is 8.17. The lowest BCUT2D eigenvalue weighted by Crippen LogP contribution is -2.10. The van der Waals surface area contributed by atoms with E-state index in [1.165, 1.54) is 27.5 Å². The first-order valence-electron chi connectivity index (χ1n) is 20.7. The van der Waals surface area contributed by atoms with E-state index in [4.69, 9.17) is 8.83 Å². The predicted molar refractivity (Wildman–Crippen MR) is 255 cm³/mol. The molecule has 0 saturated carbocycles. The van der Waals surface area contributed by atoms with Crippen LogP contribution in [0.3, 0.4) is 0 Å². The fraction of sp³-hybridized carbons (Fsp3) is 0. The zero-order valence-corrected chi connectivity index (χ0v) is 33.1. The molecule has 0 unspecified atom stereocenters. The minimum atomic E-state index is 0.848. The van der Waals surface area contributed by atoms with Crippen LogP contribution < -0.4 is 4.90 Å². The van der Waals surface area contributed by atoms with Crippen LogP contribution >= 0.6 is 0 Å². The van der Waals surface area contributed by atoms with Crippen LogP contribution in [0.5, 0.6) is 0 Å². The Balaban J connectivity index is 0.985. The number of hydrogen-bond acceptors (Lipinski definition) is 3. The van der Waals surface area contributed by atoms with Gasteiger partial charge < -0.3 is 13.7 Å². The third kappa shape index (κ3) is 5.98. The minimum Gasteiger partial charge on any atom is -0.456 e. The van der Waals surface area contributed by atoms with E-state index in [-0.39, 0.29) is 0 Å². The molecular formula is C58H37NO2. The maximum Gasteiger partial charge on any atom is 0.143 e. The molecule has 12 aromatic rings. The summed E-state index contributed by atoms with van der Waals surface area (Å²) in [5.41, 5.74) is 15.8. The van der Waals surface area contributed by atoms with Crippen molar-refractivity contribution in [1.29, 1.82) is 0 Å². The Labute approximate surface area is 353 Å². The van der Waals surface area contributed by atoms with Gasteiger partial charge in [0.05, 0.1) is 11.1 Å². The number of hydrogen-bond donors (Lipinski definition) is 0. The van der Waals surface area contributed by atoms with Crippen molar-refractivity contribution in [3.8, 4) is 44.5 Å². The van der Waals surface area contributed by atoms with Crippen LogP contribution in [0.15, 0.2) is 233 Å². The van der Waals surface area contributed by atoms with Crippen LogP contribution in [0.25, 0.3) is 99.2 Å². The van der Waals surface area contributed by atoms with Crippen LogP contribution in [0.1, 0.15) is 0 Å². The first kappa shape index (κ1) is 34.9. The van der Waals surface area contributed by atoms with Crippen LogP contribution in [-0.4, -0.2) is 0 Å².